The summed E-state index contributed by atoms with van der Waals surface area (Å²) in [5.41, 5.74) is 0. The highest BCUT2D eigenvalue weighted by molar-refractivity contribution is 7.90. The maximum absolute atomic E-state index is 11.6. The molecule has 0 radical (unpaired) electrons. The summed E-state index contributed by atoms with van der Waals surface area (Å²) >= 11 is 0. The Hall–Kier alpha value is -0.740. The third-order valence-electron chi connectivity index (χ3n) is 1.66. The molecule has 0 aliphatic carbocycles. The van der Waals surface area contributed by atoms with Crippen molar-refractivity contribution < 1.29 is 8.42 Å². The standard InChI is InChI=1S/C10H12O2S2/c1-2-13(11)8-9-14(12)10-6-4-3-5-7-10/h2-7H,1,8-9H2. The van der Waals surface area contributed by atoms with Crippen molar-refractivity contribution in [3.05, 3.63) is 42.3 Å². The van der Waals surface area contributed by atoms with Crippen LogP contribution in [0.1, 0.15) is 0 Å². The van der Waals surface area contributed by atoms with E-state index in [-0.39, 0.29) is 0 Å². The number of rotatable bonds is 5. The van der Waals surface area contributed by atoms with Crippen LogP contribution in [0, 0.1) is 0 Å². The van der Waals surface area contributed by atoms with E-state index in [4.69, 9.17) is 0 Å². The molecular weight excluding hydrogens is 216 g/mol. The molecule has 1 aromatic carbocycles. The molecule has 76 valence electrons. The van der Waals surface area contributed by atoms with Crippen LogP contribution in [-0.2, 0) is 21.6 Å². The summed E-state index contributed by atoms with van der Waals surface area (Å²) < 4.78 is 22.6. The Kier molecular flexibility index (Phi) is 4.76. The highest BCUT2D eigenvalue weighted by atomic mass is 32.2. The van der Waals surface area contributed by atoms with Gasteiger partial charge in [0.25, 0.3) is 0 Å². The van der Waals surface area contributed by atoms with Crippen LogP contribution in [0.4, 0.5) is 0 Å². The monoisotopic (exact) mass is 228 g/mol. The van der Waals surface area contributed by atoms with Gasteiger partial charge in [-0.05, 0) is 17.5 Å². The second kappa shape index (κ2) is 5.88. The molecule has 14 heavy (non-hydrogen) atoms. The van der Waals surface area contributed by atoms with Gasteiger partial charge in [0.15, 0.2) is 0 Å². The first-order valence-corrected chi connectivity index (χ1v) is 6.87. The minimum absolute atomic E-state index is 0.408. The van der Waals surface area contributed by atoms with E-state index in [1.165, 1.54) is 5.41 Å². The molecule has 1 aromatic rings. The minimum Gasteiger partial charge on any atom is -0.255 e. The SMILES string of the molecule is C=CS(=O)CCS(=O)c1ccccc1. The van der Waals surface area contributed by atoms with Crippen molar-refractivity contribution in [1.82, 2.24) is 0 Å². The van der Waals surface area contributed by atoms with Gasteiger partial charge in [-0.2, -0.15) is 0 Å². The van der Waals surface area contributed by atoms with Crippen molar-refractivity contribution in [2.24, 2.45) is 0 Å². The molecule has 4 heteroatoms. The number of hydrogen-bond acceptors (Lipinski definition) is 2. The van der Waals surface area contributed by atoms with Crippen molar-refractivity contribution >= 4 is 21.6 Å². The lowest BCUT2D eigenvalue weighted by Crippen LogP contribution is -2.06. The molecule has 2 atom stereocenters. The molecule has 0 saturated heterocycles. The van der Waals surface area contributed by atoms with Gasteiger partial charge in [0.1, 0.15) is 0 Å². The van der Waals surface area contributed by atoms with Crippen LogP contribution < -0.4 is 0 Å². The molecule has 0 heterocycles. The van der Waals surface area contributed by atoms with Gasteiger partial charge in [-0.15, -0.1) is 0 Å². The normalized spacial score (nSPS) is 14.6. The Balaban J connectivity index is 2.52. The lowest BCUT2D eigenvalue weighted by atomic mass is 10.4. The largest absolute Gasteiger partial charge is 0.255 e. The van der Waals surface area contributed by atoms with Crippen molar-refractivity contribution in [2.45, 2.75) is 4.90 Å². The van der Waals surface area contributed by atoms with E-state index in [1.807, 2.05) is 30.3 Å². The van der Waals surface area contributed by atoms with Crippen molar-refractivity contribution in [3.63, 3.8) is 0 Å². The summed E-state index contributed by atoms with van der Waals surface area (Å²) in [5.74, 6) is 0.827. The van der Waals surface area contributed by atoms with E-state index in [2.05, 4.69) is 6.58 Å². The summed E-state index contributed by atoms with van der Waals surface area (Å²) in [5, 5.41) is 1.38. The lowest BCUT2D eigenvalue weighted by Gasteiger charge is -1.99. The molecule has 2 nitrogen and oxygen atoms in total. The zero-order valence-corrected chi connectivity index (χ0v) is 9.35. The van der Waals surface area contributed by atoms with Gasteiger partial charge < -0.3 is 0 Å². The molecule has 0 amide bonds. The van der Waals surface area contributed by atoms with Crippen molar-refractivity contribution in [3.8, 4) is 0 Å². The Morgan fingerprint density at radius 2 is 1.79 bits per heavy atom. The first kappa shape index (κ1) is 11.3. The lowest BCUT2D eigenvalue weighted by molar-refractivity contribution is 0.680. The molecule has 0 saturated carbocycles. The summed E-state index contributed by atoms with van der Waals surface area (Å²) in [4.78, 5) is 0.786. The van der Waals surface area contributed by atoms with Crippen LogP contribution in [0.5, 0.6) is 0 Å². The van der Waals surface area contributed by atoms with Gasteiger partial charge in [0, 0.05) is 27.2 Å². The number of benzene rings is 1. The maximum atomic E-state index is 11.6. The highest BCUT2D eigenvalue weighted by Crippen LogP contribution is 2.05. The van der Waals surface area contributed by atoms with E-state index in [1.54, 1.807) is 0 Å². The topological polar surface area (TPSA) is 34.1 Å². The van der Waals surface area contributed by atoms with E-state index in [0.29, 0.717) is 11.5 Å². The van der Waals surface area contributed by atoms with Gasteiger partial charge in [0.2, 0.25) is 0 Å². The average Bonchev–Trinajstić information content (AvgIpc) is 2.26. The molecule has 0 aliphatic rings. The Morgan fingerprint density at radius 3 is 2.36 bits per heavy atom. The quantitative estimate of drug-likeness (QED) is 0.768. The van der Waals surface area contributed by atoms with Gasteiger partial charge in [-0.25, -0.2) is 0 Å². The van der Waals surface area contributed by atoms with E-state index < -0.39 is 21.6 Å². The third kappa shape index (κ3) is 3.55. The van der Waals surface area contributed by atoms with E-state index in [9.17, 15) is 8.42 Å². The van der Waals surface area contributed by atoms with Gasteiger partial charge >= 0.3 is 0 Å². The molecule has 0 N–H and O–H groups in total. The Bertz CT molecular complexity index is 346. The minimum atomic E-state index is -1.05. The fourth-order valence-electron chi connectivity index (χ4n) is 0.931. The maximum Gasteiger partial charge on any atom is 0.0538 e. The Morgan fingerprint density at radius 1 is 1.14 bits per heavy atom. The van der Waals surface area contributed by atoms with Crippen molar-refractivity contribution in [2.75, 3.05) is 11.5 Å². The molecular formula is C10H12O2S2. The van der Waals surface area contributed by atoms with Crippen LogP contribution in [0.3, 0.4) is 0 Å². The Labute approximate surface area is 89.0 Å². The fourth-order valence-corrected chi connectivity index (χ4v) is 3.06. The molecule has 0 spiro atoms. The first-order valence-electron chi connectivity index (χ1n) is 4.17. The van der Waals surface area contributed by atoms with Crippen LogP contribution >= 0.6 is 0 Å². The predicted molar refractivity (Wildman–Crippen MR) is 60.9 cm³/mol. The molecule has 0 bridgehead atoms. The summed E-state index contributed by atoms with van der Waals surface area (Å²) in [6.45, 7) is 3.41. The van der Waals surface area contributed by atoms with Crippen LogP contribution in [0.25, 0.3) is 0 Å². The van der Waals surface area contributed by atoms with Gasteiger partial charge in [-0.1, -0.05) is 24.8 Å². The molecule has 0 aromatic heterocycles. The zero-order valence-electron chi connectivity index (χ0n) is 7.72. The van der Waals surface area contributed by atoms with E-state index >= 15 is 0 Å². The van der Waals surface area contributed by atoms with Crippen LogP contribution in [0.2, 0.25) is 0 Å². The smallest absolute Gasteiger partial charge is 0.0538 e. The fraction of sp³-hybridized carbons (Fsp3) is 0.200. The zero-order chi connectivity index (χ0) is 10.4. The van der Waals surface area contributed by atoms with Crippen LogP contribution in [0.15, 0.2) is 47.2 Å². The van der Waals surface area contributed by atoms with E-state index in [0.717, 1.165) is 4.90 Å². The molecule has 1 rings (SSSR count). The van der Waals surface area contributed by atoms with Crippen molar-refractivity contribution in [1.29, 1.82) is 0 Å². The predicted octanol–water partition coefficient (Wildman–Crippen LogP) is 1.69. The third-order valence-corrected chi connectivity index (χ3v) is 4.27. The number of hydrogen-bond donors (Lipinski definition) is 0. The van der Waals surface area contributed by atoms with Crippen LogP contribution in [-0.4, -0.2) is 19.9 Å². The van der Waals surface area contributed by atoms with Gasteiger partial charge in [0.05, 0.1) is 10.8 Å². The summed E-state index contributed by atoms with van der Waals surface area (Å²) in [7, 11) is -2.10. The second-order valence-corrected chi connectivity index (χ2v) is 5.69. The molecule has 2 unspecified atom stereocenters. The van der Waals surface area contributed by atoms with Gasteiger partial charge in [-0.3, -0.25) is 8.42 Å². The highest BCUT2D eigenvalue weighted by Gasteiger charge is 2.03. The first-order chi connectivity index (χ1) is 6.74. The molecule has 0 aliphatic heterocycles. The average molecular weight is 228 g/mol. The summed E-state index contributed by atoms with van der Waals surface area (Å²) in [6, 6.07) is 9.19. The molecule has 0 fully saturated rings. The summed E-state index contributed by atoms with van der Waals surface area (Å²) in [6.07, 6.45) is 0. The second-order valence-electron chi connectivity index (χ2n) is 2.61.